The number of amides is 1. The monoisotopic (exact) mass is 368 g/mol. The maximum Gasteiger partial charge on any atom is 0.401 e. The van der Waals surface area contributed by atoms with E-state index in [1.165, 1.54) is 24.3 Å². The van der Waals surface area contributed by atoms with Gasteiger partial charge in [0.2, 0.25) is 5.91 Å². The average Bonchev–Trinajstić information content (AvgIpc) is 2.42. The SMILES string of the molecule is CS(=O)(=O)c1ccc(NC(=O)CN(CCCO)CC(F)(F)F)cc1. The first kappa shape index (κ1) is 20.4. The van der Waals surface area contributed by atoms with Gasteiger partial charge in [0.1, 0.15) is 0 Å². The second-order valence-corrected chi connectivity index (χ2v) is 7.26. The quantitative estimate of drug-likeness (QED) is 0.722. The molecule has 0 saturated carbocycles. The maximum atomic E-state index is 12.5. The number of halogens is 3. The zero-order chi connectivity index (χ0) is 18.4. The van der Waals surface area contributed by atoms with E-state index in [2.05, 4.69) is 5.32 Å². The van der Waals surface area contributed by atoms with Crippen molar-refractivity contribution in [3.63, 3.8) is 0 Å². The van der Waals surface area contributed by atoms with Crippen molar-refractivity contribution in [2.75, 3.05) is 37.8 Å². The molecule has 1 aromatic carbocycles. The number of aliphatic hydroxyl groups is 1. The Morgan fingerprint density at radius 2 is 1.83 bits per heavy atom. The predicted octanol–water partition coefficient (Wildman–Crippen LogP) is 1.28. The van der Waals surface area contributed by atoms with Gasteiger partial charge in [-0.3, -0.25) is 9.69 Å². The van der Waals surface area contributed by atoms with E-state index in [1.807, 2.05) is 0 Å². The highest BCUT2D eigenvalue weighted by atomic mass is 32.2. The summed E-state index contributed by atoms with van der Waals surface area (Å²) >= 11 is 0. The Kier molecular flexibility index (Phi) is 7.18. The minimum Gasteiger partial charge on any atom is -0.396 e. The van der Waals surface area contributed by atoms with Crippen molar-refractivity contribution in [2.24, 2.45) is 0 Å². The molecular weight excluding hydrogens is 349 g/mol. The summed E-state index contributed by atoms with van der Waals surface area (Å²) in [5.41, 5.74) is 0.279. The number of rotatable bonds is 8. The lowest BCUT2D eigenvalue weighted by molar-refractivity contribution is -0.148. The molecule has 2 N–H and O–H groups in total. The van der Waals surface area contributed by atoms with Crippen LogP contribution in [0.25, 0.3) is 0 Å². The van der Waals surface area contributed by atoms with Crippen LogP contribution in [0.5, 0.6) is 0 Å². The molecule has 0 aliphatic rings. The first-order valence-electron chi connectivity index (χ1n) is 7.01. The van der Waals surface area contributed by atoms with E-state index in [-0.39, 0.29) is 30.2 Å². The molecule has 0 atom stereocenters. The number of hydrogen-bond donors (Lipinski definition) is 2. The van der Waals surface area contributed by atoms with E-state index in [0.717, 1.165) is 11.2 Å². The average molecular weight is 368 g/mol. The Hall–Kier alpha value is -1.65. The second kappa shape index (κ2) is 8.45. The second-order valence-electron chi connectivity index (χ2n) is 5.25. The molecule has 1 amide bonds. The summed E-state index contributed by atoms with van der Waals surface area (Å²) in [6, 6.07) is 5.31. The molecule has 136 valence electrons. The molecule has 0 spiro atoms. The highest BCUT2D eigenvalue weighted by Crippen LogP contribution is 2.17. The van der Waals surface area contributed by atoms with Crippen LogP contribution in [0.4, 0.5) is 18.9 Å². The molecule has 1 aromatic rings. The lowest BCUT2D eigenvalue weighted by Gasteiger charge is -2.22. The lowest BCUT2D eigenvalue weighted by Crippen LogP contribution is -2.40. The van der Waals surface area contributed by atoms with Crippen molar-refractivity contribution in [1.29, 1.82) is 0 Å². The molecule has 0 saturated heterocycles. The van der Waals surface area contributed by atoms with Crippen LogP contribution in [0.2, 0.25) is 0 Å². The molecule has 10 heteroatoms. The summed E-state index contributed by atoms with van der Waals surface area (Å²) in [4.78, 5) is 12.8. The summed E-state index contributed by atoms with van der Waals surface area (Å²) in [5, 5.41) is 11.1. The van der Waals surface area contributed by atoms with E-state index in [0.29, 0.717) is 0 Å². The van der Waals surface area contributed by atoms with Gasteiger partial charge in [-0.05, 0) is 30.7 Å². The normalized spacial score (nSPS) is 12.4. The van der Waals surface area contributed by atoms with Gasteiger partial charge in [0, 0.05) is 25.1 Å². The Balaban J connectivity index is 2.67. The number of nitrogens with zero attached hydrogens (tertiary/aromatic N) is 1. The van der Waals surface area contributed by atoms with Crippen LogP contribution in [0.15, 0.2) is 29.2 Å². The molecule has 0 aromatic heterocycles. The van der Waals surface area contributed by atoms with Crippen LogP contribution < -0.4 is 5.32 Å². The van der Waals surface area contributed by atoms with Crippen molar-refractivity contribution in [2.45, 2.75) is 17.5 Å². The van der Waals surface area contributed by atoms with Crippen LogP contribution in [-0.4, -0.2) is 63.0 Å². The van der Waals surface area contributed by atoms with Gasteiger partial charge < -0.3 is 10.4 Å². The van der Waals surface area contributed by atoms with E-state index >= 15 is 0 Å². The number of hydrogen-bond acceptors (Lipinski definition) is 5. The zero-order valence-electron chi connectivity index (χ0n) is 13.0. The molecule has 0 fully saturated rings. The molecule has 24 heavy (non-hydrogen) atoms. The number of nitrogens with one attached hydrogen (secondary N) is 1. The van der Waals surface area contributed by atoms with Gasteiger partial charge in [-0.1, -0.05) is 0 Å². The van der Waals surface area contributed by atoms with Gasteiger partial charge in [0.15, 0.2) is 9.84 Å². The van der Waals surface area contributed by atoms with E-state index in [9.17, 15) is 26.4 Å². The van der Waals surface area contributed by atoms with Gasteiger partial charge in [-0.15, -0.1) is 0 Å². The predicted molar refractivity (Wildman–Crippen MR) is 82.4 cm³/mol. The van der Waals surface area contributed by atoms with Crippen molar-refractivity contribution in [1.82, 2.24) is 4.90 Å². The molecule has 0 radical (unpaired) electrons. The Morgan fingerprint density at radius 1 is 1.25 bits per heavy atom. The number of alkyl halides is 3. The molecule has 1 rings (SSSR count). The van der Waals surface area contributed by atoms with Crippen molar-refractivity contribution in [3.8, 4) is 0 Å². The first-order chi connectivity index (χ1) is 11.0. The first-order valence-corrected chi connectivity index (χ1v) is 8.90. The lowest BCUT2D eigenvalue weighted by atomic mass is 10.3. The van der Waals surface area contributed by atoms with Crippen molar-refractivity contribution in [3.05, 3.63) is 24.3 Å². The number of anilines is 1. The van der Waals surface area contributed by atoms with Gasteiger partial charge >= 0.3 is 6.18 Å². The fourth-order valence-corrected chi connectivity index (χ4v) is 2.58. The highest BCUT2D eigenvalue weighted by molar-refractivity contribution is 7.90. The number of sulfone groups is 1. The molecule has 0 heterocycles. The zero-order valence-corrected chi connectivity index (χ0v) is 13.8. The van der Waals surface area contributed by atoms with Gasteiger partial charge in [0.25, 0.3) is 0 Å². The maximum absolute atomic E-state index is 12.5. The Labute approximate surface area is 138 Å². The van der Waals surface area contributed by atoms with Crippen LogP contribution in [-0.2, 0) is 14.6 Å². The van der Waals surface area contributed by atoms with Crippen molar-refractivity contribution < 1.29 is 31.5 Å². The minimum absolute atomic E-state index is 0.0714. The number of benzene rings is 1. The summed E-state index contributed by atoms with van der Waals surface area (Å²) in [6.45, 7) is -2.10. The van der Waals surface area contributed by atoms with Crippen LogP contribution in [0, 0.1) is 0 Å². The number of aliphatic hydroxyl groups excluding tert-OH is 1. The number of carbonyl (C=O) groups excluding carboxylic acids is 1. The van der Waals surface area contributed by atoms with E-state index < -0.39 is 35.0 Å². The molecule has 0 aliphatic heterocycles. The van der Waals surface area contributed by atoms with Crippen molar-refractivity contribution >= 4 is 21.4 Å². The third kappa shape index (κ3) is 7.75. The third-order valence-electron chi connectivity index (χ3n) is 2.97. The van der Waals surface area contributed by atoms with Crippen LogP contribution in [0.1, 0.15) is 6.42 Å². The molecule has 0 bridgehead atoms. The van der Waals surface area contributed by atoms with Crippen LogP contribution in [0.3, 0.4) is 0 Å². The Morgan fingerprint density at radius 3 is 2.29 bits per heavy atom. The van der Waals surface area contributed by atoms with Crippen LogP contribution >= 0.6 is 0 Å². The Bertz CT molecular complexity index is 645. The molecule has 0 unspecified atom stereocenters. The topological polar surface area (TPSA) is 86.7 Å². The van der Waals surface area contributed by atoms with E-state index in [4.69, 9.17) is 5.11 Å². The van der Waals surface area contributed by atoms with Gasteiger partial charge in [-0.25, -0.2) is 8.42 Å². The standard InChI is InChI=1S/C14H19F3N2O4S/c1-24(22,23)12-5-3-11(4-6-12)18-13(21)9-19(7-2-8-20)10-14(15,16)17/h3-6,20H,2,7-10H2,1H3,(H,18,21). The molecule has 0 aliphatic carbocycles. The highest BCUT2D eigenvalue weighted by Gasteiger charge is 2.31. The van der Waals surface area contributed by atoms with Gasteiger partial charge in [-0.2, -0.15) is 13.2 Å². The van der Waals surface area contributed by atoms with E-state index in [1.54, 1.807) is 0 Å². The molecule has 6 nitrogen and oxygen atoms in total. The summed E-state index contributed by atoms with van der Waals surface area (Å²) < 4.78 is 60.1. The largest absolute Gasteiger partial charge is 0.401 e. The van der Waals surface area contributed by atoms with Gasteiger partial charge in [0.05, 0.1) is 18.0 Å². The molecular formula is C14H19F3N2O4S. The summed E-state index contributed by atoms with van der Waals surface area (Å²) in [7, 11) is -3.37. The smallest absolute Gasteiger partial charge is 0.396 e. The fraction of sp³-hybridized carbons (Fsp3) is 0.500. The third-order valence-corrected chi connectivity index (χ3v) is 4.10. The summed E-state index contributed by atoms with van der Waals surface area (Å²) in [5.74, 6) is -0.663. The summed E-state index contributed by atoms with van der Waals surface area (Å²) in [6.07, 6.45) is -3.30. The fourth-order valence-electron chi connectivity index (χ4n) is 1.95. The number of carbonyl (C=O) groups is 1. The minimum atomic E-state index is -4.45.